The fourth-order valence-electron chi connectivity index (χ4n) is 3.11. The van der Waals surface area contributed by atoms with E-state index in [1.165, 1.54) is 0 Å². The number of nitrogens with zero attached hydrogens (tertiary/aromatic N) is 3. The zero-order valence-electron chi connectivity index (χ0n) is 16.8. The quantitative estimate of drug-likeness (QED) is 0.664. The molecule has 0 saturated heterocycles. The molecule has 0 fully saturated rings. The van der Waals surface area contributed by atoms with Gasteiger partial charge >= 0.3 is 0 Å². The summed E-state index contributed by atoms with van der Waals surface area (Å²) in [7, 11) is 0. The number of hydrogen-bond acceptors (Lipinski definition) is 4. The molecule has 5 heteroatoms. The van der Waals surface area contributed by atoms with Crippen LogP contribution in [0.2, 0.25) is 0 Å². The first-order valence-electron chi connectivity index (χ1n) is 9.53. The van der Waals surface area contributed by atoms with E-state index in [4.69, 9.17) is 0 Å². The standard InChI is InChI=1S/C23H26N4O/c1-5-27(22(28)20-15-16(2)11-12-17(20)3)21-13-14-24-23(26-21)25-18(4)19-9-7-6-8-10-19/h6-15,18H,5H2,1-4H3,(H,24,25,26)/t18-/m0/s1. The van der Waals surface area contributed by atoms with Gasteiger partial charge in [0, 0.05) is 18.3 Å². The number of nitrogens with one attached hydrogen (secondary N) is 1. The summed E-state index contributed by atoms with van der Waals surface area (Å²) in [6, 6.07) is 17.9. The van der Waals surface area contributed by atoms with E-state index in [1.54, 1.807) is 17.2 Å². The number of anilines is 2. The lowest BCUT2D eigenvalue weighted by Gasteiger charge is -2.22. The molecule has 28 heavy (non-hydrogen) atoms. The molecule has 0 spiro atoms. The van der Waals surface area contributed by atoms with Crippen LogP contribution in [0.1, 0.15) is 46.9 Å². The zero-order valence-corrected chi connectivity index (χ0v) is 16.8. The van der Waals surface area contributed by atoms with Gasteiger partial charge in [-0.05, 0) is 51.0 Å². The van der Waals surface area contributed by atoms with Crippen LogP contribution in [0.25, 0.3) is 0 Å². The van der Waals surface area contributed by atoms with Crippen LogP contribution in [0, 0.1) is 13.8 Å². The summed E-state index contributed by atoms with van der Waals surface area (Å²) < 4.78 is 0. The molecule has 0 aliphatic carbocycles. The van der Waals surface area contributed by atoms with Gasteiger partial charge in [0.25, 0.3) is 5.91 Å². The van der Waals surface area contributed by atoms with Gasteiger partial charge in [0.15, 0.2) is 0 Å². The van der Waals surface area contributed by atoms with E-state index in [2.05, 4.69) is 34.3 Å². The largest absolute Gasteiger partial charge is 0.348 e. The van der Waals surface area contributed by atoms with Gasteiger partial charge < -0.3 is 5.32 Å². The summed E-state index contributed by atoms with van der Waals surface area (Å²) in [4.78, 5) is 23.7. The topological polar surface area (TPSA) is 58.1 Å². The van der Waals surface area contributed by atoms with Gasteiger partial charge in [0.1, 0.15) is 5.82 Å². The Morgan fingerprint density at radius 1 is 1.11 bits per heavy atom. The van der Waals surface area contributed by atoms with E-state index in [9.17, 15) is 4.79 Å². The van der Waals surface area contributed by atoms with Crippen LogP contribution < -0.4 is 10.2 Å². The molecule has 3 rings (SSSR count). The van der Waals surface area contributed by atoms with E-state index in [0.717, 1.165) is 16.7 Å². The van der Waals surface area contributed by atoms with Crippen molar-refractivity contribution in [2.45, 2.75) is 33.7 Å². The smallest absolute Gasteiger partial charge is 0.259 e. The number of benzene rings is 2. The Kier molecular flexibility index (Phi) is 6.04. The van der Waals surface area contributed by atoms with E-state index in [-0.39, 0.29) is 11.9 Å². The average Bonchev–Trinajstić information content (AvgIpc) is 2.71. The first kappa shape index (κ1) is 19.5. The summed E-state index contributed by atoms with van der Waals surface area (Å²) in [6.45, 7) is 8.48. The van der Waals surface area contributed by atoms with Crippen molar-refractivity contribution in [2.75, 3.05) is 16.8 Å². The van der Waals surface area contributed by atoms with Crippen LogP contribution in [0.15, 0.2) is 60.8 Å². The van der Waals surface area contributed by atoms with Crippen LogP contribution in [0.5, 0.6) is 0 Å². The van der Waals surface area contributed by atoms with E-state index in [1.807, 2.05) is 57.2 Å². The molecule has 144 valence electrons. The molecular formula is C23H26N4O. The highest BCUT2D eigenvalue weighted by molar-refractivity contribution is 6.06. The maximum atomic E-state index is 13.1. The Hall–Kier alpha value is -3.21. The summed E-state index contributed by atoms with van der Waals surface area (Å²) in [6.07, 6.45) is 1.68. The molecule has 0 aliphatic heterocycles. The molecule has 0 radical (unpaired) electrons. The van der Waals surface area contributed by atoms with Gasteiger partial charge in [-0.1, -0.05) is 48.0 Å². The maximum Gasteiger partial charge on any atom is 0.259 e. The molecule has 1 amide bonds. The van der Waals surface area contributed by atoms with Gasteiger partial charge in [-0.15, -0.1) is 0 Å². The van der Waals surface area contributed by atoms with Crippen molar-refractivity contribution < 1.29 is 4.79 Å². The predicted molar refractivity (Wildman–Crippen MR) is 114 cm³/mol. The second-order valence-electron chi connectivity index (χ2n) is 6.88. The molecule has 1 atom stereocenters. The molecule has 0 aliphatic rings. The first-order chi connectivity index (χ1) is 13.5. The van der Waals surface area contributed by atoms with Crippen molar-refractivity contribution in [3.05, 3.63) is 83.0 Å². The number of carbonyl (C=O) groups is 1. The number of rotatable bonds is 6. The highest BCUT2D eigenvalue weighted by Gasteiger charge is 2.20. The molecule has 0 unspecified atom stereocenters. The van der Waals surface area contributed by atoms with E-state index < -0.39 is 0 Å². The molecule has 1 N–H and O–H groups in total. The van der Waals surface area contributed by atoms with E-state index in [0.29, 0.717) is 23.9 Å². The van der Waals surface area contributed by atoms with Gasteiger partial charge in [0.05, 0.1) is 6.04 Å². The highest BCUT2D eigenvalue weighted by Crippen LogP contribution is 2.21. The minimum absolute atomic E-state index is 0.0514. The lowest BCUT2D eigenvalue weighted by atomic mass is 10.0. The Bertz CT molecular complexity index is 956. The normalized spacial score (nSPS) is 11.7. The summed E-state index contributed by atoms with van der Waals surface area (Å²) in [5.41, 5.74) is 3.87. The van der Waals surface area contributed by atoms with Gasteiger partial charge in [-0.3, -0.25) is 9.69 Å². The Morgan fingerprint density at radius 3 is 2.57 bits per heavy atom. The second-order valence-corrected chi connectivity index (χ2v) is 6.88. The maximum absolute atomic E-state index is 13.1. The molecule has 1 aromatic heterocycles. The molecule has 1 heterocycles. The average molecular weight is 374 g/mol. The Labute approximate surface area is 166 Å². The highest BCUT2D eigenvalue weighted by atomic mass is 16.2. The fraction of sp³-hybridized carbons (Fsp3) is 0.261. The van der Waals surface area contributed by atoms with Gasteiger partial charge in [0.2, 0.25) is 5.95 Å². The molecular weight excluding hydrogens is 348 g/mol. The van der Waals surface area contributed by atoms with Crippen molar-refractivity contribution in [2.24, 2.45) is 0 Å². The molecule has 0 saturated carbocycles. The number of aromatic nitrogens is 2. The third-order valence-corrected chi connectivity index (χ3v) is 4.75. The van der Waals surface area contributed by atoms with Crippen LogP contribution >= 0.6 is 0 Å². The summed E-state index contributed by atoms with van der Waals surface area (Å²) in [5.74, 6) is 1.04. The van der Waals surface area contributed by atoms with Crippen molar-refractivity contribution in [1.82, 2.24) is 9.97 Å². The van der Waals surface area contributed by atoms with Crippen molar-refractivity contribution in [3.63, 3.8) is 0 Å². The van der Waals surface area contributed by atoms with Gasteiger partial charge in [-0.2, -0.15) is 4.98 Å². The van der Waals surface area contributed by atoms with Crippen LogP contribution in [0.3, 0.4) is 0 Å². The Morgan fingerprint density at radius 2 is 1.86 bits per heavy atom. The zero-order chi connectivity index (χ0) is 20.1. The van der Waals surface area contributed by atoms with Crippen LogP contribution in [-0.4, -0.2) is 22.4 Å². The second kappa shape index (κ2) is 8.65. The summed E-state index contributed by atoms with van der Waals surface area (Å²) >= 11 is 0. The number of hydrogen-bond donors (Lipinski definition) is 1. The number of aryl methyl sites for hydroxylation is 2. The molecule has 5 nitrogen and oxygen atoms in total. The predicted octanol–water partition coefficient (Wildman–Crippen LogP) is 4.93. The monoisotopic (exact) mass is 374 g/mol. The lowest BCUT2D eigenvalue weighted by molar-refractivity contribution is 0.0987. The van der Waals surface area contributed by atoms with Crippen molar-refractivity contribution in [3.8, 4) is 0 Å². The third-order valence-electron chi connectivity index (χ3n) is 4.75. The van der Waals surface area contributed by atoms with Crippen molar-refractivity contribution >= 4 is 17.7 Å². The Balaban J connectivity index is 1.84. The minimum Gasteiger partial charge on any atom is -0.348 e. The van der Waals surface area contributed by atoms with Gasteiger partial charge in [-0.25, -0.2) is 4.98 Å². The first-order valence-corrected chi connectivity index (χ1v) is 9.53. The minimum atomic E-state index is -0.0514. The van der Waals surface area contributed by atoms with Crippen molar-refractivity contribution in [1.29, 1.82) is 0 Å². The molecule has 2 aromatic carbocycles. The number of carbonyl (C=O) groups excluding carboxylic acids is 1. The number of amides is 1. The lowest BCUT2D eigenvalue weighted by Crippen LogP contribution is -2.32. The van der Waals surface area contributed by atoms with Crippen LogP contribution in [0.4, 0.5) is 11.8 Å². The molecule has 0 bridgehead atoms. The van der Waals surface area contributed by atoms with E-state index >= 15 is 0 Å². The SMILES string of the molecule is CCN(C(=O)c1cc(C)ccc1C)c1ccnc(N[C@@H](C)c2ccccc2)n1. The molecule has 3 aromatic rings. The van der Waals surface area contributed by atoms with Crippen LogP contribution in [-0.2, 0) is 0 Å². The fourth-order valence-corrected chi connectivity index (χ4v) is 3.11. The summed E-state index contributed by atoms with van der Waals surface area (Å²) in [5, 5.41) is 3.32. The third kappa shape index (κ3) is 4.36.